The number of carbonyl (C=O) groups is 1. The van der Waals surface area contributed by atoms with Crippen molar-refractivity contribution in [1.29, 1.82) is 0 Å². The van der Waals surface area contributed by atoms with Crippen molar-refractivity contribution < 1.29 is 13.2 Å². The second-order valence-corrected chi connectivity index (χ2v) is 5.39. The number of nitrogens with one attached hydrogen (secondary N) is 3. The van der Waals surface area contributed by atoms with Gasteiger partial charge in [0.15, 0.2) is 0 Å². The van der Waals surface area contributed by atoms with Crippen LogP contribution in [-0.4, -0.2) is 44.8 Å². The number of hydrogen-bond acceptors (Lipinski definition) is 6. The van der Waals surface area contributed by atoms with Gasteiger partial charge in [0.1, 0.15) is 11.5 Å². The normalized spacial score (nSPS) is 11.3. The van der Waals surface area contributed by atoms with Crippen LogP contribution >= 0.6 is 0 Å². The molecule has 0 aromatic carbocycles. The van der Waals surface area contributed by atoms with Crippen LogP contribution in [0.1, 0.15) is 10.5 Å². The summed E-state index contributed by atoms with van der Waals surface area (Å²) >= 11 is 0. The van der Waals surface area contributed by atoms with Gasteiger partial charge in [-0.2, -0.15) is 12.7 Å². The minimum absolute atomic E-state index is 0.000625. The van der Waals surface area contributed by atoms with Crippen LogP contribution in [0.15, 0.2) is 18.2 Å². The van der Waals surface area contributed by atoms with Crippen molar-refractivity contribution in [3.05, 3.63) is 23.9 Å². The molecular formula is C9H15N5O3S. The molecule has 0 atom stereocenters. The molecule has 18 heavy (non-hydrogen) atoms. The molecule has 1 heterocycles. The Labute approximate surface area is 106 Å². The Balaban J connectivity index is 2.88. The Hall–Kier alpha value is -1.71. The van der Waals surface area contributed by atoms with E-state index in [0.29, 0.717) is 5.82 Å². The zero-order chi connectivity index (χ0) is 13.8. The van der Waals surface area contributed by atoms with Gasteiger partial charge in [-0.15, -0.1) is 0 Å². The Morgan fingerprint density at radius 3 is 2.56 bits per heavy atom. The summed E-state index contributed by atoms with van der Waals surface area (Å²) in [4.78, 5) is 15.6. The highest BCUT2D eigenvalue weighted by atomic mass is 32.2. The van der Waals surface area contributed by atoms with E-state index in [9.17, 15) is 13.2 Å². The fourth-order valence-corrected chi connectivity index (χ4v) is 1.54. The number of rotatable bonds is 5. The number of nitrogens with zero attached hydrogens (tertiary/aromatic N) is 2. The third-order valence-electron chi connectivity index (χ3n) is 1.94. The highest BCUT2D eigenvalue weighted by molar-refractivity contribution is 7.87. The first-order valence-electron chi connectivity index (χ1n) is 5.01. The summed E-state index contributed by atoms with van der Waals surface area (Å²) in [5, 5.41) is 0. The average molecular weight is 273 g/mol. The van der Waals surface area contributed by atoms with Crippen molar-refractivity contribution in [3.63, 3.8) is 0 Å². The first-order valence-corrected chi connectivity index (χ1v) is 6.45. The number of anilines is 1. The molecule has 0 aliphatic heterocycles. The average Bonchev–Trinajstić information content (AvgIpc) is 2.29. The fraction of sp³-hybridized carbons (Fsp3) is 0.333. The number of aromatic nitrogens is 1. The number of hydrogen-bond donors (Lipinski definition) is 3. The van der Waals surface area contributed by atoms with E-state index < -0.39 is 16.1 Å². The van der Waals surface area contributed by atoms with Gasteiger partial charge in [-0.3, -0.25) is 4.79 Å². The number of amides is 1. The van der Waals surface area contributed by atoms with E-state index in [0.717, 1.165) is 4.31 Å². The molecule has 0 radical (unpaired) electrons. The standard InChI is InChI=1S/C9H15N5O3S/c1-10-12-8-6-4-5-7(11-8)9(15)13-18(16,17)14(2)3/h4-6,10H,1-3H3,(H,11,12)(H,13,15). The minimum Gasteiger partial charge on any atom is -0.306 e. The highest BCUT2D eigenvalue weighted by Gasteiger charge is 2.19. The largest absolute Gasteiger partial charge is 0.306 e. The van der Waals surface area contributed by atoms with E-state index in [-0.39, 0.29) is 5.69 Å². The maximum Gasteiger partial charge on any atom is 0.303 e. The second-order valence-electron chi connectivity index (χ2n) is 3.50. The molecule has 1 aromatic rings. The molecule has 1 rings (SSSR count). The summed E-state index contributed by atoms with van der Waals surface area (Å²) in [6, 6.07) is 4.64. The maximum absolute atomic E-state index is 11.7. The zero-order valence-electron chi connectivity index (χ0n) is 10.3. The molecule has 1 amide bonds. The third kappa shape index (κ3) is 3.65. The van der Waals surface area contributed by atoms with Crippen LogP contribution in [0, 0.1) is 0 Å². The van der Waals surface area contributed by atoms with Crippen LogP contribution in [0.25, 0.3) is 0 Å². The maximum atomic E-state index is 11.7. The van der Waals surface area contributed by atoms with E-state index in [1.54, 1.807) is 19.2 Å². The van der Waals surface area contributed by atoms with Crippen LogP contribution in [0.2, 0.25) is 0 Å². The van der Waals surface area contributed by atoms with Crippen LogP contribution in [-0.2, 0) is 10.2 Å². The molecular weight excluding hydrogens is 258 g/mol. The van der Waals surface area contributed by atoms with Gasteiger partial charge < -0.3 is 5.43 Å². The van der Waals surface area contributed by atoms with Crippen molar-refractivity contribution in [1.82, 2.24) is 19.4 Å². The van der Waals surface area contributed by atoms with Crippen LogP contribution < -0.4 is 15.6 Å². The highest BCUT2D eigenvalue weighted by Crippen LogP contribution is 2.04. The lowest BCUT2D eigenvalue weighted by Crippen LogP contribution is -2.39. The smallest absolute Gasteiger partial charge is 0.303 e. The molecule has 8 nitrogen and oxygen atoms in total. The van der Waals surface area contributed by atoms with E-state index in [1.807, 2.05) is 4.72 Å². The molecule has 0 spiro atoms. The van der Waals surface area contributed by atoms with Gasteiger partial charge in [0.25, 0.3) is 5.91 Å². The first-order chi connectivity index (χ1) is 8.36. The van der Waals surface area contributed by atoms with E-state index in [2.05, 4.69) is 15.8 Å². The van der Waals surface area contributed by atoms with Crippen molar-refractivity contribution in [2.45, 2.75) is 0 Å². The lowest BCUT2D eigenvalue weighted by molar-refractivity contribution is 0.0975. The van der Waals surface area contributed by atoms with Crippen molar-refractivity contribution >= 4 is 21.9 Å². The molecule has 0 bridgehead atoms. The van der Waals surface area contributed by atoms with Gasteiger partial charge in [0.05, 0.1) is 0 Å². The van der Waals surface area contributed by atoms with Gasteiger partial charge in [-0.05, 0) is 12.1 Å². The molecule has 0 unspecified atom stereocenters. The van der Waals surface area contributed by atoms with Crippen molar-refractivity contribution in [2.75, 3.05) is 26.6 Å². The summed E-state index contributed by atoms with van der Waals surface area (Å²) in [6.07, 6.45) is 0. The molecule has 1 aromatic heterocycles. The molecule has 9 heteroatoms. The second kappa shape index (κ2) is 5.76. The summed E-state index contributed by atoms with van der Waals surface area (Å²) in [5.74, 6) is -0.379. The molecule has 0 fully saturated rings. The van der Waals surface area contributed by atoms with E-state index >= 15 is 0 Å². The van der Waals surface area contributed by atoms with Gasteiger partial charge in [0, 0.05) is 21.1 Å². The van der Waals surface area contributed by atoms with Gasteiger partial charge in [-0.25, -0.2) is 15.1 Å². The lowest BCUT2D eigenvalue weighted by Gasteiger charge is -2.12. The van der Waals surface area contributed by atoms with Crippen LogP contribution in [0.4, 0.5) is 5.82 Å². The third-order valence-corrected chi connectivity index (χ3v) is 3.34. The number of hydrazine groups is 1. The SMILES string of the molecule is CNNc1cccc(C(=O)NS(=O)(=O)N(C)C)n1. The Morgan fingerprint density at radius 2 is 2.00 bits per heavy atom. The summed E-state index contributed by atoms with van der Waals surface area (Å²) < 4.78 is 25.7. The Bertz CT molecular complexity index is 529. The molecule has 0 aliphatic rings. The quantitative estimate of drug-likeness (QED) is 0.605. The lowest BCUT2D eigenvalue weighted by atomic mass is 10.3. The predicted octanol–water partition coefficient (Wildman–Crippen LogP) is -0.836. The molecule has 100 valence electrons. The number of pyridine rings is 1. The van der Waals surface area contributed by atoms with E-state index in [4.69, 9.17) is 0 Å². The molecule has 3 N–H and O–H groups in total. The van der Waals surface area contributed by atoms with Crippen molar-refractivity contribution in [3.8, 4) is 0 Å². The first kappa shape index (κ1) is 14.4. The van der Waals surface area contributed by atoms with Gasteiger partial charge in [-0.1, -0.05) is 6.07 Å². The summed E-state index contributed by atoms with van der Waals surface area (Å²) in [7, 11) is 0.474. The van der Waals surface area contributed by atoms with Crippen molar-refractivity contribution in [2.24, 2.45) is 0 Å². The Morgan fingerprint density at radius 1 is 1.33 bits per heavy atom. The Kier molecular flexibility index (Phi) is 4.59. The topological polar surface area (TPSA) is 103 Å². The van der Waals surface area contributed by atoms with Gasteiger partial charge in [0.2, 0.25) is 0 Å². The summed E-state index contributed by atoms with van der Waals surface area (Å²) in [5.41, 5.74) is 5.33. The fourth-order valence-electron chi connectivity index (χ4n) is 1.02. The predicted molar refractivity (Wildman–Crippen MR) is 67.0 cm³/mol. The monoisotopic (exact) mass is 273 g/mol. The zero-order valence-corrected chi connectivity index (χ0v) is 11.1. The van der Waals surface area contributed by atoms with E-state index in [1.165, 1.54) is 20.2 Å². The molecule has 0 aliphatic carbocycles. The van der Waals surface area contributed by atoms with Crippen LogP contribution in [0.5, 0.6) is 0 Å². The molecule has 0 saturated carbocycles. The summed E-state index contributed by atoms with van der Waals surface area (Å²) in [6.45, 7) is 0. The van der Waals surface area contributed by atoms with Crippen LogP contribution in [0.3, 0.4) is 0 Å². The minimum atomic E-state index is -3.81. The molecule has 0 saturated heterocycles. The van der Waals surface area contributed by atoms with Gasteiger partial charge >= 0.3 is 10.2 Å². The number of carbonyl (C=O) groups excluding carboxylic acids is 1.